The van der Waals surface area contributed by atoms with Crippen LogP contribution in [0.25, 0.3) is 11.5 Å². The standard InChI is InChI=1S/C12H13N5O/c13-17-11-8-7-18-6-4-9(8)15-12(16-11)10-3-1-2-5-14-10/h1-3,5H,4,6-7,13H2,(H,15,16,17). The lowest BCUT2D eigenvalue weighted by Crippen LogP contribution is -2.19. The van der Waals surface area contributed by atoms with Gasteiger partial charge in [-0.2, -0.15) is 0 Å². The van der Waals surface area contributed by atoms with Gasteiger partial charge in [-0.25, -0.2) is 15.8 Å². The number of hydrogen-bond acceptors (Lipinski definition) is 6. The topological polar surface area (TPSA) is 86.0 Å². The molecule has 3 rings (SSSR count). The van der Waals surface area contributed by atoms with Crippen LogP contribution in [-0.2, 0) is 17.8 Å². The van der Waals surface area contributed by atoms with E-state index in [-0.39, 0.29) is 0 Å². The van der Waals surface area contributed by atoms with Crippen molar-refractivity contribution in [3.05, 3.63) is 35.7 Å². The Labute approximate surface area is 104 Å². The molecule has 18 heavy (non-hydrogen) atoms. The highest BCUT2D eigenvalue weighted by molar-refractivity contribution is 5.56. The van der Waals surface area contributed by atoms with E-state index < -0.39 is 0 Å². The summed E-state index contributed by atoms with van der Waals surface area (Å²) in [5.74, 6) is 6.70. The summed E-state index contributed by atoms with van der Waals surface area (Å²) in [6.45, 7) is 1.17. The van der Waals surface area contributed by atoms with E-state index in [1.54, 1.807) is 6.20 Å². The Kier molecular flexibility index (Phi) is 2.87. The fraction of sp³-hybridized carbons (Fsp3) is 0.250. The van der Waals surface area contributed by atoms with E-state index in [0.717, 1.165) is 23.4 Å². The van der Waals surface area contributed by atoms with Crippen molar-refractivity contribution in [3.63, 3.8) is 0 Å². The highest BCUT2D eigenvalue weighted by atomic mass is 16.5. The van der Waals surface area contributed by atoms with E-state index in [0.29, 0.717) is 24.9 Å². The van der Waals surface area contributed by atoms with Gasteiger partial charge in [-0.1, -0.05) is 6.07 Å². The minimum Gasteiger partial charge on any atom is -0.376 e. The minimum atomic E-state index is 0.497. The fourth-order valence-corrected chi connectivity index (χ4v) is 1.96. The molecule has 1 aliphatic heterocycles. The summed E-state index contributed by atoms with van der Waals surface area (Å²) >= 11 is 0. The van der Waals surface area contributed by atoms with Crippen LogP contribution in [0.15, 0.2) is 24.4 Å². The van der Waals surface area contributed by atoms with Gasteiger partial charge in [0.05, 0.1) is 18.9 Å². The number of pyridine rings is 1. The molecule has 0 amide bonds. The highest BCUT2D eigenvalue weighted by Crippen LogP contribution is 2.24. The van der Waals surface area contributed by atoms with Crippen molar-refractivity contribution in [1.82, 2.24) is 15.0 Å². The van der Waals surface area contributed by atoms with Crippen LogP contribution in [-0.4, -0.2) is 21.6 Å². The first kappa shape index (κ1) is 11.1. The number of nitrogens with one attached hydrogen (secondary N) is 1. The molecule has 2 aromatic rings. The Hall–Kier alpha value is -2.05. The molecule has 0 radical (unpaired) electrons. The molecule has 3 N–H and O–H groups in total. The summed E-state index contributed by atoms with van der Waals surface area (Å²) in [6, 6.07) is 5.64. The molecule has 0 spiro atoms. The monoisotopic (exact) mass is 243 g/mol. The van der Waals surface area contributed by atoms with Crippen LogP contribution in [0.2, 0.25) is 0 Å². The van der Waals surface area contributed by atoms with Gasteiger partial charge in [-0.15, -0.1) is 0 Å². The molecule has 92 valence electrons. The number of nitrogens with zero attached hydrogens (tertiary/aromatic N) is 3. The van der Waals surface area contributed by atoms with Crippen molar-refractivity contribution < 1.29 is 4.74 Å². The molecule has 0 bridgehead atoms. The summed E-state index contributed by atoms with van der Waals surface area (Å²) in [5.41, 5.74) is 5.26. The van der Waals surface area contributed by atoms with Crippen LogP contribution < -0.4 is 11.3 Å². The molecule has 6 nitrogen and oxygen atoms in total. The maximum absolute atomic E-state index is 5.50. The Balaban J connectivity index is 2.12. The lowest BCUT2D eigenvalue weighted by Gasteiger charge is -2.18. The summed E-state index contributed by atoms with van der Waals surface area (Å²) in [5, 5.41) is 0. The van der Waals surface area contributed by atoms with Gasteiger partial charge < -0.3 is 10.2 Å². The SMILES string of the molecule is NNc1nc(-c2ccccn2)nc2c1COCC2. The first-order valence-electron chi connectivity index (χ1n) is 5.74. The molecular weight excluding hydrogens is 230 g/mol. The molecule has 1 aliphatic rings. The van der Waals surface area contributed by atoms with Gasteiger partial charge in [-0.3, -0.25) is 4.98 Å². The van der Waals surface area contributed by atoms with Gasteiger partial charge in [0, 0.05) is 18.2 Å². The van der Waals surface area contributed by atoms with Gasteiger partial charge >= 0.3 is 0 Å². The molecule has 0 saturated carbocycles. The van der Waals surface area contributed by atoms with E-state index in [4.69, 9.17) is 10.6 Å². The molecule has 6 heteroatoms. The Morgan fingerprint density at radius 1 is 1.28 bits per heavy atom. The molecule has 2 aromatic heterocycles. The minimum absolute atomic E-state index is 0.497. The zero-order chi connectivity index (χ0) is 12.4. The van der Waals surface area contributed by atoms with Crippen LogP contribution in [0.4, 0.5) is 5.82 Å². The molecule has 0 saturated heterocycles. The second-order valence-corrected chi connectivity index (χ2v) is 3.98. The van der Waals surface area contributed by atoms with Crippen LogP contribution in [0.3, 0.4) is 0 Å². The second kappa shape index (κ2) is 4.67. The van der Waals surface area contributed by atoms with E-state index in [1.165, 1.54) is 0 Å². The normalized spacial score (nSPS) is 14.1. The summed E-state index contributed by atoms with van der Waals surface area (Å²) in [7, 11) is 0. The zero-order valence-corrected chi connectivity index (χ0v) is 9.76. The molecule has 3 heterocycles. The quantitative estimate of drug-likeness (QED) is 0.602. The van der Waals surface area contributed by atoms with E-state index in [9.17, 15) is 0 Å². The maximum atomic E-state index is 5.50. The predicted octanol–water partition coefficient (Wildman–Crippen LogP) is 0.897. The van der Waals surface area contributed by atoms with Crippen molar-refractivity contribution in [3.8, 4) is 11.5 Å². The van der Waals surface area contributed by atoms with E-state index >= 15 is 0 Å². The first-order valence-corrected chi connectivity index (χ1v) is 5.74. The molecular formula is C12H13N5O. The van der Waals surface area contributed by atoms with Crippen molar-refractivity contribution in [1.29, 1.82) is 0 Å². The van der Waals surface area contributed by atoms with Crippen molar-refractivity contribution >= 4 is 5.82 Å². The van der Waals surface area contributed by atoms with Crippen LogP contribution in [0.1, 0.15) is 11.3 Å². The van der Waals surface area contributed by atoms with Gasteiger partial charge in [0.15, 0.2) is 5.82 Å². The molecule has 0 aromatic carbocycles. The first-order chi connectivity index (χ1) is 8.88. The third-order valence-electron chi connectivity index (χ3n) is 2.85. The van der Waals surface area contributed by atoms with Crippen molar-refractivity contribution in [2.75, 3.05) is 12.0 Å². The molecule has 0 fully saturated rings. The number of nitrogen functional groups attached to an aromatic ring is 1. The Morgan fingerprint density at radius 3 is 3.00 bits per heavy atom. The zero-order valence-electron chi connectivity index (χ0n) is 9.76. The van der Waals surface area contributed by atoms with Crippen molar-refractivity contribution in [2.45, 2.75) is 13.0 Å². The number of hydrogen-bond donors (Lipinski definition) is 2. The Bertz CT molecular complexity index is 541. The summed E-state index contributed by atoms with van der Waals surface area (Å²) in [4.78, 5) is 13.2. The van der Waals surface area contributed by atoms with Crippen LogP contribution in [0, 0.1) is 0 Å². The van der Waals surface area contributed by atoms with Gasteiger partial charge in [0.25, 0.3) is 0 Å². The Morgan fingerprint density at radius 2 is 2.22 bits per heavy atom. The average Bonchev–Trinajstić information content (AvgIpc) is 2.47. The lowest BCUT2D eigenvalue weighted by molar-refractivity contribution is 0.109. The summed E-state index contributed by atoms with van der Waals surface area (Å²) in [6.07, 6.45) is 2.49. The average molecular weight is 243 g/mol. The van der Waals surface area contributed by atoms with Crippen molar-refractivity contribution in [2.24, 2.45) is 5.84 Å². The smallest absolute Gasteiger partial charge is 0.180 e. The van der Waals surface area contributed by atoms with Crippen LogP contribution >= 0.6 is 0 Å². The van der Waals surface area contributed by atoms with E-state index in [2.05, 4.69) is 20.4 Å². The number of rotatable bonds is 2. The number of anilines is 1. The number of nitrogens with two attached hydrogens (primary N) is 1. The maximum Gasteiger partial charge on any atom is 0.180 e. The molecule has 0 aliphatic carbocycles. The second-order valence-electron chi connectivity index (χ2n) is 3.98. The van der Waals surface area contributed by atoms with Gasteiger partial charge in [-0.05, 0) is 12.1 Å². The largest absolute Gasteiger partial charge is 0.376 e. The number of aromatic nitrogens is 3. The van der Waals surface area contributed by atoms with Gasteiger partial charge in [0.2, 0.25) is 0 Å². The molecule has 0 atom stereocenters. The highest BCUT2D eigenvalue weighted by Gasteiger charge is 2.18. The lowest BCUT2D eigenvalue weighted by atomic mass is 10.1. The number of hydrazine groups is 1. The van der Waals surface area contributed by atoms with E-state index in [1.807, 2.05) is 18.2 Å². The third-order valence-corrected chi connectivity index (χ3v) is 2.85. The molecule has 0 unspecified atom stereocenters. The third kappa shape index (κ3) is 1.92. The fourth-order valence-electron chi connectivity index (χ4n) is 1.96. The number of ether oxygens (including phenoxy) is 1. The van der Waals surface area contributed by atoms with Gasteiger partial charge in [0.1, 0.15) is 11.5 Å². The summed E-state index contributed by atoms with van der Waals surface area (Å²) < 4.78 is 5.39. The predicted molar refractivity (Wildman–Crippen MR) is 66.4 cm³/mol. The number of fused-ring (bicyclic) bond motifs is 1. The van der Waals surface area contributed by atoms with Crippen LogP contribution in [0.5, 0.6) is 0 Å².